The van der Waals surface area contributed by atoms with Gasteiger partial charge in [0.2, 0.25) is 0 Å². The molecule has 2 heterocycles. The van der Waals surface area contributed by atoms with Gasteiger partial charge in [-0.15, -0.1) is 0 Å². The molecule has 4 aromatic carbocycles. The molecule has 5 nitrogen and oxygen atoms in total. The number of benzene rings is 4. The van der Waals surface area contributed by atoms with Gasteiger partial charge in [0.1, 0.15) is 0 Å². The van der Waals surface area contributed by atoms with E-state index in [9.17, 15) is 4.79 Å². The zero-order valence-electron chi connectivity index (χ0n) is 18.7. The molecule has 0 unspecified atom stereocenters. The van der Waals surface area contributed by atoms with Crippen LogP contribution in [-0.4, -0.2) is 25.7 Å². The highest BCUT2D eigenvalue weighted by atomic mass is 35.5. The molecule has 0 atom stereocenters. The van der Waals surface area contributed by atoms with Crippen LogP contribution >= 0.6 is 23.2 Å². The largest absolute Gasteiger partial charge is 0.289 e. The van der Waals surface area contributed by atoms with E-state index in [-0.39, 0.29) is 5.78 Å². The zero-order valence-corrected chi connectivity index (χ0v) is 20.2. The molecule has 0 spiro atoms. The van der Waals surface area contributed by atoms with Crippen LogP contribution < -0.4 is 0 Å². The predicted molar refractivity (Wildman–Crippen MR) is 143 cm³/mol. The Balaban J connectivity index is 1.36. The summed E-state index contributed by atoms with van der Waals surface area (Å²) in [5, 5.41) is 1.31. The zero-order chi connectivity index (χ0) is 24.6. The van der Waals surface area contributed by atoms with Crippen molar-refractivity contribution in [3.8, 4) is 22.5 Å². The van der Waals surface area contributed by atoms with Crippen molar-refractivity contribution in [1.29, 1.82) is 0 Å². The third kappa shape index (κ3) is 4.31. The topological polar surface area (TPSA) is 68.6 Å². The van der Waals surface area contributed by atoms with Crippen molar-refractivity contribution in [2.45, 2.75) is 0 Å². The fourth-order valence-corrected chi connectivity index (χ4v) is 4.24. The van der Waals surface area contributed by atoms with Gasteiger partial charge in [-0.2, -0.15) is 0 Å². The molecule has 6 rings (SSSR count). The SMILES string of the molecule is O=C(c1ccc2ncc(-c3ccc(Cl)cc3)nc2c1)c1ccc2ncc(-c3ccc(Cl)cc3)nc2c1. The third-order valence-corrected chi connectivity index (χ3v) is 6.39. The van der Waals surface area contributed by atoms with Crippen LogP contribution in [0.2, 0.25) is 10.0 Å². The van der Waals surface area contributed by atoms with Crippen LogP contribution in [0.3, 0.4) is 0 Å². The molecule has 7 heteroatoms. The van der Waals surface area contributed by atoms with Gasteiger partial charge in [0, 0.05) is 32.3 Å². The summed E-state index contributed by atoms with van der Waals surface area (Å²) in [7, 11) is 0. The lowest BCUT2D eigenvalue weighted by atomic mass is 10.0. The Morgan fingerprint density at radius 2 is 0.944 bits per heavy atom. The van der Waals surface area contributed by atoms with Crippen molar-refractivity contribution < 1.29 is 4.79 Å². The number of fused-ring (bicyclic) bond motifs is 2. The molecule has 0 N–H and O–H groups in total. The van der Waals surface area contributed by atoms with Crippen molar-refractivity contribution in [2.75, 3.05) is 0 Å². The average Bonchev–Trinajstić information content (AvgIpc) is 2.92. The first kappa shape index (κ1) is 22.3. The minimum absolute atomic E-state index is 0.129. The highest BCUT2D eigenvalue weighted by Crippen LogP contribution is 2.25. The van der Waals surface area contributed by atoms with Gasteiger partial charge in [-0.25, -0.2) is 9.97 Å². The number of hydrogen-bond donors (Lipinski definition) is 0. The number of nitrogens with zero attached hydrogens (tertiary/aromatic N) is 4. The molecule has 0 aliphatic heterocycles. The van der Waals surface area contributed by atoms with Gasteiger partial charge < -0.3 is 0 Å². The van der Waals surface area contributed by atoms with Gasteiger partial charge in [0.05, 0.1) is 45.8 Å². The fourth-order valence-electron chi connectivity index (χ4n) is 3.99. The van der Waals surface area contributed by atoms with E-state index in [2.05, 4.69) is 9.97 Å². The molecule has 0 amide bonds. The smallest absolute Gasteiger partial charge is 0.193 e. The predicted octanol–water partition coefficient (Wildman–Crippen LogP) is 7.44. The lowest BCUT2D eigenvalue weighted by molar-refractivity contribution is 0.103. The monoisotopic (exact) mass is 506 g/mol. The molecule has 0 bridgehead atoms. The average molecular weight is 507 g/mol. The first-order valence-corrected chi connectivity index (χ1v) is 11.9. The summed E-state index contributed by atoms with van der Waals surface area (Å²) in [5.41, 5.74) is 6.95. The van der Waals surface area contributed by atoms with Crippen LogP contribution in [0.1, 0.15) is 15.9 Å². The minimum atomic E-state index is -0.129. The Hall–Kier alpha value is -4.19. The fraction of sp³-hybridized carbons (Fsp3) is 0. The number of halogens is 2. The molecule has 36 heavy (non-hydrogen) atoms. The summed E-state index contributed by atoms with van der Waals surface area (Å²) in [6.07, 6.45) is 3.43. The first-order chi connectivity index (χ1) is 17.5. The second kappa shape index (κ2) is 9.11. The maximum absolute atomic E-state index is 13.4. The number of carbonyl (C=O) groups excluding carboxylic acids is 1. The van der Waals surface area contributed by atoms with Crippen LogP contribution in [0, 0.1) is 0 Å². The molecule has 0 saturated heterocycles. The van der Waals surface area contributed by atoms with Crippen molar-refractivity contribution in [3.63, 3.8) is 0 Å². The molecule has 0 fully saturated rings. The molecular weight excluding hydrogens is 491 g/mol. The normalized spacial score (nSPS) is 11.2. The van der Waals surface area contributed by atoms with Crippen LogP contribution in [0.4, 0.5) is 0 Å². The van der Waals surface area contributed by atoms with E-state index in [1.54, 1.807) is 48.8 Å². The maximum atomic E-state index is 13.4. The van der Waals surface area contributed by atoms with E-state index in [1.165, 1.54) is 0 Å². The summed E-state index contributed by atoms with van der Waals surface area (Å²) in [6.45, 7) is 0. The minimum Gasteiger partial charge on any atom is -0.289 e. The second-order valence-corrected chi connectivity index (χ2v) is 9.13. The van der Waals surface area contributed by atoms with Gasteiger partial charge in [0.25, 0.3) is 0 Å². The van der Waals surface area contributed by atoms with Crippen LogP contribution in [0.15, 0.2) is 97.3 Å². The van der Waals surface area contributed by atoms with Crippen molar-refractivity contribution in [2.24, 2.45) is 0 Å². The lowest BCUT2D eigenvalue weighted by Crippen LogP contribution is -2.02. The Morgan fingerprint density at radius 1 is 0.528 bits per heavy atom. The molecule has 6 aromatic rings. The van der Waals surface area contributed by atoms with Crippen molar-refractivity contribution in [1.82, 2.24) is 19.9 Å². The van der Waals surface area contributed by atoms with Crippen molar-refractivity contribution >= 4 is 51.1 Å². The molecule has 0 saturated carbocycles. The number of rotatable bonds is 4. The third-order valence-electron chi connectivity index (χ3n) is 5.89. The molecule has 0 aliphatic rings. The Labute approximate surface area is 216 Å². The van der Waals surface area contributed by atoms with E-state index in [0.717, 1.165) is 11.1 Å². The van der Waals surface area contributed by atoms with E-state index < -0.39 is 0 Å². The number of ketones is 1. The Bertz CT molecular complexity index is 1640. The summed E-state index contributed by atoms with van der Waals surface area (Å²) >= 11 is 12.0. The molecular formula is C29H16Cl2N4O. The molecule has 2 aromatic heterocycles. The number of aromatic nitrogens is 4. The maximum Gasteiger partial charge on any atom is 0.193 e. The first-order valence-electron chi connectivity index (χ1n) is 11.1. The summed E-state index contributed by atoms with van der Waals surface area (Å²) < 4.78 is 0. The van der Waals surface area contributed by atoms with Crippen LogP contribution in [-0.2, 0) is 0 Å². The Morgan fingerprint density at radius 3 is 1.36 bits per heavy atom. The van der Waals surface area contributed by atoms with Gasteiger partial charge in [0.15, 0.2) is 5.78 Å². The van der Waals surface area contributed by atoms with E-state index in [4.69, 9.17) is 33.2 Å². The highest BCUT2D eigenvalue weighted by Gasteiger charge is 2.13. The summed E-state index contributed by atoms with van der Waals surface area (Å²) in [5.74, 6) is -0.129. The summed E-state index contributed by atoms with van der Waals surface area (Å²) in [6, 6.07) is 25.5. The number of carbonyl (C=O) groups is 1. The van der Waals surface area contributed by atoms with Gasteiger partial charge in [-0.1, -0.05) is 47.5 Å². The molecule has 0 aliphatic carbocycles. The van der Waals surface area contributed by atoms with Gasteiger partial charge >= 0.3 is 0 Å². The van der Waals surface area contributed by atoms with E-state index in [1.807, 2.05) is 48.5 Å². The van der Waals surface area contributed by atoms with E-state index >= 15 is 0 Å². The second-order valence-electron chi connectivity index (χ2n) is 8.26. The van der Waals surface area contributed by atoms with E-state index in [0.29, 0.717) is 54.6 Å². The Kier molecular flexibility index (Phi) is 5.64. The lowest BCUT2D eigenvalue weighted by Gasteiger charge is -2.07. The molecule has 172 valence electrons. The highest BCUT2D eigenvalue weighted by molar-refractivity contribution is 6.30. The van der Waals surface area contributed by atoms with Gasteiger partial charge in [-0.3, -0.25) is 14.8 Å². The quantitative estimate of drug-likeness (QED) is 0.232. The van der Waals surface area contributed by atoms with Crippen LogP contribution in [0.25, 0.3) is 44.6 Å². The number of hydrogen-bond acceptors (Lipinski definition) is 5. The summed E-state index contributed by atoms with van der Waals surface area (Å²) in [4.78, 5) is 31.8. The van der Waals surface area contributed by atoms with Gasteiger partial charge in [-0.05, 0) is 60.7 Å². The standard InChI is InChI=1S/C29H16Cl2N4O/c30-21-7-1-17(2-8-21)27-15-32-23-11-5-19(13-25(23)34-27)29(36)20-6-12-24-26(14-20)35-28(16-33-24)18-3-9-22(31)10-4-18/h1-16H. The van der Waals surface area contributed by atoms with Crippen molar-refractivity contribution in [3.05, 3.63) is 118 Å². The van der Waals surface area contributed by atoms with Crippen LogP contribution in [0.5, 0.6) is 0 Å². The molecule has 0 radical (unpaired) electrons.